The van der Waals surface area contributed by atoms with Gasteiger partial charge in [0, 0.05) is 34.2 Å². The largest absolute Gasteiger partial charge is 0.310 e. The summed E-state index contributed by atoms with van der Waals surface area (Å²) in [5, 5.41) is 7.51. The molecular formula is C20H20BrN3OS. The van der Waals surface area contributed by atoms with E-state index in [9.17, 15) is 4.79 Å². The summed E-state index contributed by atoms with van der Waals surface area (Å²) < 4.78 is 2.75. The fraction of sp³-hybridized carbons (Fsp3) is 0.200. The molecule has 1 heterocycles. The van der Waals surface area contributed by atoms with Crippen molar-refractivity contribution in [2.24, 2.45) is 7.05 Å². The van der Waals surface area contributed by atoms with Crippen LogP contribution in [0.4, 0.5) is 5.82 Å². The van der Waals surface area contributed by atoms with E-state index in [-0.39, 0.29) is 5.91 Å². The van der Waals surface area contributed by atoms with Crippen LogP contribution in [0.25, 0.3) is 11.1 Å². The van der Waals surface area contributed by atoms with Crippen LogP contribution < -0.4 is 5.32 Å². The van der Waals surface area contributed by atoms with Gasteiger partial charge >= 0.3 is 0 Å². The highest BCUT2D eigenvalue weighted by molar-refractivity contribution is 9.10. The van der Waals surface area contributed by atoms with Crippen LogP contribution >= 0.6 is 27.7 Å². The minimum Gasteiger partial charge on any atom is -0.310 e. The van der Waals surface area contributed by atoms with Crippen LogP contribution in [0.2, 0.25) is 0 Å². The third-order valence-corrected chi connectivity index (χ3v) is 5.50. The van der Waals surface area contributed by atoms with E-state index < -0.39 is 0 Å². The van der Waals surface area contributed by atoms with Gasteiger partial charge in [-0.1, -0.05) is 46.3 Å². The molecule has 0 saturated carbocycles. The van der Waals surface area contributed by atoms with Crippen molar-refractivity contribution < 1.29 is 4.79 Å². The second kappa shape index (κ2) is 8.56. The molecule has 0 radical (unpaired) electrons. The van der Waals surface area contributed by atoms with Crippen molar-refractivity contribution in [3.05, 3.63) is 64.8 Å². The Kier molecular flexibility index (Phi) is 6.16. The van der Waals surface area contributed by atoms with Crippen LogP contribution in [-0.4, -0.2) is 21.4 Å². The third-order valence-electron chi connectivity index (χ3n) is 3.95. The zero-order valence-corrected chi connectivity index (χ0v) is 17.1. The summed E-state index contributed by atoms with van der Waals surface area (Å²) in [5.41, 5.74) is 2.89. The summed E-state index contributed by atoms with van der Waals surface area (Å²) in [6.07, 6.45) is 0.448. The third kappa shape index (κ3) is 4.56. The Balaban J connectivity index is 1.69. The number of thioether (sulfide) groups is 1. The molecule has 1 aromatic heterocycles. The van der Waals surface area contributed by atoms with Crippen LogP contribution in [0.3, 0.4) is 0 Å². The number of aromatic nitrogens is 2. The van der Waals surface area contributed by atoms with E-state index >= 15 is 0 Å². The quantitative estimate of drug-likeness (QED) is 0.542. The summed E-state index contributed by atoms with van der Waals surface area (Å²) in [7, 11) is 1.85. The first-order valence-electron chi connectivity index (χ1n) is 8.32. The Bertz CT molecular complexity index is 891. The molecule has 0 aliphatic heterocycles. The predicted molar refractivity (Wildman–Crippen MR) is 111 cm³/mol. The van der Waals surface area contributed by atoms with Crippen LogP contribution in [-0.2, 0) is 11.8 Å². The fourth-order valence-electron chi connectivity index (χ4n) is 2.74. The molecule has 2 aromatic carbocycles. The lowest BCUT2D eigenvalue weighted by Crippen LogP contribution is -2.15. The average Bonchev–Trinajstić information content (AvgIpc) is 2.90. The number of amides is 1. The number of anilines is 1. The molecule has 3 aromatic rings. The lowest BCUT2D eigenvalue weighted by molar-refractivity contribution is -0.115. The molecule has 26 heavy (non-hydrogen) atoms. The number of carbonyl (C=O) groups excluding carboxylic acids is 1. The number of nitrogens with zero attached hydrogens (tertiary/aromatic N) is 2. The number of rotatable bonds is 6. The van der Waals surface area contributed by atoms with Gasteiger partial charge < -0.3 is 5.32 Å². The van der Waals surface area contributed by atoms with Crippen molar-refractivity contribution >= 4 is 39.4 Å². The SMILES string of the molecule is Cc1nn(C)c(NC(=O)CCSc2ccccc2)c1-c1ccc(Br)cc1. The van der Waals surface area contributed by atoms with Gasteiger partial charge in [-0.25, -0.2) is 0 Å². The van der Waals surface area contributed by atoms with Gasteiger partial charge in [-0.15, -0.1) is 11.8 Å². The average molecular weight is 430 g/mol. The molecule has 6 heteroatoms. The minimum absolute atomic E-state index is 0.00482. The highest BCUT2D eigenvalue weighted by atomic mass is 79.9. The van der Waals surface area contributed by atoms with Gasteiger partial charge in [0.05, 0.1) is 5.69 Å². The lowest BCUT2D eigenvalue weighted by atomic mass is 10.1. The maximum absolute atomic E-state index is 12.4. The fourth-order valence-corrected chi connectivity index (χ4v) is 3.87. The van der Waals surface area contributed by atoms with E-state index in [4.69, 9.17) is 0 Å². The molecule has 0 unspecified atom stereocenters. The Morgan fingerprint density at radius 3 is 2.54 bits per heavy atom. The Morgan fingerprint density at radius 1 is 1.15 bits per heavy atom. The number of benzene rings is 2. The molecule has 0 bridgehead atoms. The molecule has 134 valence electrons. The monoisotopic (exact) mass is 429 g/mol. The van der Waals surface area contributed by atoms with Gasteiger partial charge in [0.25, 0.3) is 0 Å². The molecular weight excluding hydrogens is 410 g/mol. The lowest BCUT2D eigenvalue weighted by Gasteiger charge is -2.09. The molecule has 1 N–H and O–H groups in total. The van der Waals surface area contributed by atoms with E-state index in [0.717, 1.165) is 32.9 Å². The molecule has 4 nitrogen and oxygen atoms in total. The zero-order chi connectivity index (χ0) is 18.5. The first-order valence-corrected chi connectivity index (χ1v) is 10.1. The van der Waals surface area contributed by atoms with E-state index in [1.54, 1.807) is 16.4 Å². The summed E-state index contributed by atoms with van der Waals surface area (Å²) in [6.45, 7) is 1.96. The second-order valence-corrected chi connectivity index (χ2v) is 7.98. The van der Waals surface area contributed by atoms with Gasteiger partial charge in [-0.3, -0.25) is 9.48 Å². The van der Waals surface area contributed by atoms with Crippen molar-refractivity contribution in [3.8, 4) is 11.1 Å². The molecule has 0 fully saturated rings. The van der Waals surface area contributed by atoms with Gasteiger partial charge in [0.15, 0.2) is 0 Å². The number of halogens is 1. The van der Waals surface area contributed by atoms with Crippen LogP contribution in [0.5, 0.6) is 0 Å². The normalized spacial score (nSPS) is 10.7. The summed E-state index contributed by atoms with van der Waals surface area (Å²) in [6, 6.07) is 18.1. The first-order chi connectivity index (χ1) is 12.5. The van der Waals surface area contributed by atoms with Gasteiger partial charge in [-0.2, -0.15) is 5.10 Å². The Hall–Kier alpha value is -2.05. The number of carbonyl (C=O) groups is 1. The van der Waals surface area contributed by atoms with E-state index in [0.29, 0.717) is 6.42 Å². The van der Waals surface area contributed by atoms with Gasteiger partial charge in [0.1, 0.15) is 5.82 Å². The Morgan fingerprint density at radius 2 is 1.85 bits per heavy atom. The predicted octanol–water partition coefficient (Wildman–Crippen LogP) is 5.28. The molecule has 0 atom stereocenters. The van der Waals surface area contributed by atoms with E-state index in [1.807, 2.05) is 56.4 Å². The van der Waals surface area contributed by atoms with Crippen molar-refractivity contribution in [1.82, 2.24) is 9.78 Å². The molecule has 0 aliphatic carbocycles. The standard InChI is InChI=1S/C20H20BrN3OS/c1-14-19(15-8-10-16(21)11-9-15)20(24(2)23-14)22-18(25)12-13-26-17-6-4-3-5-7-17/h3-11H,12-13H2,1-2H3,(H,22,25). The van der Waals surface area contributed by atoms with Crippen molar-refractivity contribution in [1.29, 1.82) is 0 Å². The van der Waals surface area contributed by atoms with Crippen molar-refractivity contribution in [2.45, 2.75) is 18.2 Å². The van der Waals surface area contributed by atoms with Crippen molar-refractivity contribution in [2.75, 3.05) is 11.1 Å². The van der Waals surface area contributed by atoms with Gasteiger partial charge in [-0.05, 0) is 36.8 Å². The molecule has 1 amide bonds. The topological polar surface area (TPSA) is 46.9 Å². The number of hydrogen-bond donors (Lipinski definition) is 1. The summed E-state index contributed by atoms with van der Waals surface area (Å²) in [5.74, 6) is 1.47. The maximum Gasteiger partial charge on any atom is 0.226 e. The zero-order valence-electron chi connectivity index (χ0n) is 14.7. The number of hydrogen-bond acceptors (Lipinski definition) is 3. The van der Waals surface area contributed by atoms with E-state index in [1.165, 1.54) is 4.90 Å². The Labute approximate surface area is 166 Å². The van der Waals surface area contributed by atoms with Crippen LogP contribution in [0.15, 0.2) is 64.0 Å². The number of aryl methyl sites for hydroxylation is 2. The highest BCUT2D eigenvalue weighted by Crippen LogP contribution is 2.32. The molecule has 3 rings (SSSR count). The minimum atomic E-state index is -0.00482. The molecule has 0 spiro atoms. The maximum atomic E-state index is 12.4. The van der Waals surface area contributed by atoms with Crippen LogP contribution in [0.1, 0.15) is 12.1 Å². The molecule has 0 aliphatic rings. The van der Waals surface area contributed by atoms with Crippen LogP contribution in [0, 0.1) is 6.92 Å². The van der Waals surface area contributed by atoms with E-state index in [2.05, 4.69) is 38.5 Å². The van der Waals surface area contributed by atoms with Crippen molar-refractivity contribution in [3.63, 3.8) is 0 Å². The van der Waals surface area contributed by atoms with Gasteiger partial charge in [0.2, 0.25) is 5.91 Å². The summed E-state index contributed by atoms with van der Waals surface area (Å²) >= 11 is 5.14. The smallest absolute Gasteiger partial charge is 0.226 e. The number of nitrogens with one attached hydrogen (secondary N) is 1. The summed E-state index contributed by atoms with van der Waals surface area (Å²) in [4.78, 5) is 13.6. The molecule has 0 saturated heterocycles. The highest BCUT2D eigenvalue weighted by Gasteiger charge is 2.17. The first kappa shape index (κ1) is 18.7. The second-order valence-electron chi connectivity index (χ2n) is 5.90.